The smallest absolute Gasteiger partial charge is 0.141 e. The number of aromatic nitrogens is 2. The minimum Gasteiger partial charge on any atom is -0.345 e. The van der Waals surface area contributed by atoms with Gasteiger partial charge in [-0.05, 0) is 30.7 Å². The highest BCUT2D eigenvalue weighted by atomic mass is 32.1. The highest BCUT2D eigenvalue weighted by Crippen LogP contribution is 2.41. The molecular weight excluding hydrogens is 304 g/mol. The molecule has 1 aliphatic heterocycles. The van der Waals surface area contributed by atoms with Crippen molar-refractivity contribution in [1.29, 1.82) is 0 Å². The van der Waals surface area contributed by atoms with Crippen LogP contribution in [0, 0.1) is 5.92 Å². The molecule has 4 rings (SSSR count). The molecule has 5 heteroatoms. The number of anilines is 1. The fraction of sp³-hybridized carbons (Fsp3) is 0.667. The van der Waals surface area contributed by atoms with Gasteiger partial charge in [0.1, 0.15) is 16.5 Å². The quantitative estimate of drug-likeness (QED) is 0.919. The van der Waals surface area contributed by atoms with E-state index >= 15 is 0 Å². The summed E-state index contributed by atoms with van der Waals surface area (Å²) < 4.78 is 0. The van der Waals surface area contributed by atoms with E-state index in [1.54, 1.807) is 10.4 Å². The standard InChI is InChI=1S/C18H26N4S/c1-11(2)16-20-17(22-8-6-19-7-9-22)15-13-5-4-12(3)10-14(13)23-18(15)21-16/h11-12,19H,4-10H2,1-3H3/p+1/t12-/m1/s1. The molecular formula is C18H27N4S+. The molecule has 124 valence electrons. The zero-order valence-corrected chi connectivity index (χ0v) is 15.2. The van der Waals surface area contributed by atoms with E-state index in [0.29, 0.717) is 5.92 Å². The van der Waals surface area contributed by atoms with Gasteiger partial charge in [-0.2, -0.15) is 0 Å². The molecule has 0 spiro atoms. The van der Waals surface area contributed by atoms with Crippen molar-refractivity contribution in [2.24, 2.45) is 5.92 Å². The molecule has 2 aromatic heterocycles. The van der Waals surface area contributed by atoms with E-state index in [9.17, 15) is 0 Å². The molecule has 1 aliphatic carbocycles. The molecule has 4 nitrogen and oxygen atoms in total. The second kappa shape index (κ2) is 6.02. The van der Waals surface area contributed by atoms with Crippen LogP contribution in [0.3, 0.4) is 0 Å². The first-order valence-corrected chi connectivity index (χ1v) is 9.84. The Morgan fingerprint density at radius 3 is 2.74 bits per heavy atom. The summed E-state index contributed by atoms with van der Waals surface area (Å²) in [5, 5.41) is 3.78. The average Bonchev–Trinajstić information content (AvgIpc) is 2.91. The maximum absolute atomic E-state index is 5.03. The van der Waals surface area contributed by atoms with Crippen molar-refractivity contribution < 1.29 is 5.32 Å². The van der Waals surface area contributed by atoms with Crippen LogP contribution in [0.4, 0.5) is 5.82 Å². The second-order valence-corrected chi connectivity index (χ2v) is 8.53. The number of fused-ring (bicyclic) bond motifs is 3. The Balaban J connectivity index is 1.90. The predicted molar refractivity (Wildman–Crippen MR) is 96.6 cm³/mol. The van der Waals surface area contributed by atoms with Crippen molar-refractivity contribution in [2.75, 3.05) is 31.1 Å². The molecule has 3 heterocycles. The monoisotopic (exact) mass is 331 g/mol. The van der Waals surface area contributed by atoms with E-state index in [0.717, 1.165) is 24.8 Å². The minimum atomic E-state index is 0.382. The van der Waals surface area contributed by atoms with Gasteiger partial charge < -0.3 is 10.2 Å². The predicted octanol–water partition coefficient (Wildman–Crippen LogP) is 2.32. The van der Waals surface area contributed by atoms with Crippen LogP contribution in [-0.2, 0) is 12.8 Å². The van der Waals surface area contributed by atoms with Crippen LogP contribution in [0.2, 0.25) is 0 Å². The van der Waals surface area contributed by atoms with Gasteiger partial charge in [0.25, 0.3) is 0 Å². The number of hydrogen-bond donors (Lipinski definition) is 1. The molecule has 0 radical (unpaired) electrons. The fourth-order valence-electron chi connectivity index (χ4n) is 3.79. The highest BCUT2D eigenvalue weighted by Gasteiger charge is 2.27. The van der Waals surface area contributed by atoms with Crippen LogP contribution < -0.4 is 10.2 Å². The summed E-state index contributed by atoms with van der Waals surface area (Å²) in [6, 6.07) is 0. The Morgan fingerprint density at radius 1 is 1.22 bits per heavy atom. The van der Waals surface area contributed by atoms with Gasteiger partial charge in [0, 0.05) is 10.8 Å². The van der Waals surface area contributed by atoms with Gasteiger partial charge in [-0.3, -0.25) is 0 Å². The average molecular weight is 332 g/mol. The molecule has 2 aliphatic rings. The Kier molecular flexibility index (Phi) is 4.01. The number of thiophene rings is 1. The maximum Gasteiger partial charge on any atom is 0.141 e. The number of aryl methyl sites for hydroxylation is 1. The topological polar surface area (TPSA) is 45.6 Å². The molecule has 0 amide bonds. The molecule has 2 N–H and O–H groups in total. The normalized spacial score (nSPS) is 21.9. The lowest BCUT2D eigenvalue weighted by molar-refractivity contribution is -0.655. The van der Waals surface area contributed by atoms with Crippen molar-refractivity contribution in [2.45, 2.75) is 46.0 Å². The van der Waals surface area contributed by atoms with Crippen molar-refractivity contribution >= 4 is 27.4 Å². The number of nitrogens with two attached hydrogens (primary N) is 1. The number of nitrogens with zero attached hydrogens (tertiary/aromatic N) is 3. The van der Waals surface area contributed by atoms with Crippen LogP contribution in [0.15, 0.2) is 0 Å². The largest absolute Gasteiger partial charge is 0.345 e. The third kappa shape index (κ3) is 2.74. The number of rotatable bonds is 2. The third-order valence-electron chi connectivity index (χ3n) is 5.18. The zero-order chi connectivity index (χ0) is 16.0. The highest BCUT2D eigenvalue weighted by molar-refractivity contribution is 7.19. The number of hydrogen-bond acceptors (Lipinski definition) is 4. The molecule has 0 aromatic carbocycles. The molecule has 1 saturated heterocycles. The first-order valence-electron chi connectivity index (χ1n) is 9.02. The fourth-order valence-corrected chi connectivity index (χ4v) is 5.17. The van der Waals surface area contributed by atoms with Gasteiger partial charge >= 0.3 is 0 Å². The van der Waals surface area contributed by atoms with Crippen molar-refractivity contribution in [3.8, 4) is 0 Å². The van der Waals surface area contributed by atoms with Gasteiger partial charge in [-0.1, -0.05) is 20.8 Å². The molecule has 0 bridgehead atoms. The molecule has 0 saturated carbocycles. The first kappa shape index (κ1) is 15.3. The summed E-state index contributed by atoms with van der Waals surface area (Å²) in [5.41, 5.74) is 1.56. The molecule has 1 fully saturated rings. The lowest BCUT2D eigenvalue weighted by atomic mass is 9.89. The van der Waals surface area contributed by atoms with Gasteiger partial charge in [-0.15, -0.1) is 11.3 Å². The van der Waals surface area contributed by atoms with Crippen molar-refractivity contribution in [3.05, 3.63) is 16.3 Å². The molecule has 2 aromatic rings. The molecule has 1 atom stereocenters. The maximum atomic E-state index is 5.03. The van der Waals surface area contributed by atoms with Crippen LogP contribution in [0.1, 0.15) is 49.4 Å². The SMILES string of the molecule is CC(C)c1nc(N2CC[NH2+]CC2)c2c3c(sc2n1)C[C@H](C)CC3. The van der Waals surface area contributed by atoms with E-state index in [-0.39, 0.29) is 0 Å². The van der Waals surface area contributed by atoms with Crippen molar-refractivity contribution in [3.63, 3.8) is 0 Å². The van der Waals surface area contributed by atoms with Gasteiger partial charge in [-0.25, -0.2) is 9.97 Å². The Labute approximate surface area is 142 Å². The van der Waals surface area contributed by atoms with E-state index in [2.05, 4.69) is 31.0 Å². The summed E-state index contributed by atoms with van der Waals surface area (Å²) in [6.45, 7) is 11.3. The lowest BCUT2D eigenvalue weighted by Crippen LogP contribution is -2.89. The summed E-state index contributed by atoms with van der Waals surface area (Å²) in [5.74, 6) is 3.42. The summed E-state index contributed by atoms with van der Waals surface area (Å²) in [6.07, 6.45) is 3.73. The summed E-state index contributed by atoms with van der Waals surface area (Å²) >= 11 is 1.93. The first-order chi connectivity index (χ1) is 11.1. The third-order valence-corrected chi connectivity index (χ3v) is 6.32. The van der Waals surface area contributed by atoms with E-state index < -0.39 is 0 Å². The van der Waals surface area contributed by atoms with E-state index in [4.69, 9.17) is 9.97 Å². The summed E-state index contributed by atoms with van der Waals surface area (Å²) in [7, 11) is 0. The minimum absolute atomic E-state index is 0.382. The van der Waals surface area contributed by atoms with Crippen LogP contribution in [0.5, 0.6) is 0 Å². The Bertz CT molecular complexity index is 715. The van der Waals surface area contributed by atoms with Crippen molar-refractivity contribution in [1.82, 2.24) is 9.97 Å². The second-order valence-electron chi connectivity index (χ2n) is 7.45. The molecule has 23 heavy (non-hydrogen) atoms. The van der Waals surface area contributed by atoms with Crippen LogP contribution >= 0.6 is 11.3 Å². The summed E-state index contributed by atoms with van der Waals surface area (Å²) in [4.78, 5) is 15.3. The van der Waals surface area contributed by atoms with Crippen LogP contribution in [-0.4, -0.2) is 36.1 Å². The number of quaternary nitrogens is 1. The van der Waals surface area contributed by atoms with Gasteiger partial charge in [0.2, 0.25) is 0 Å². The number of piperazine rings is 1. The lowest BCUT2D eigenvalue weighted by Gasteiger charge is -2.28. The Morgan fingerprint density at radius 2 is 2.00 bits per heavy atom. The molecule has 0 unspecified atom stereocenters. The zero-order valence-electron chi connectivity index (χ0n) is 14.4. The van der Waals surface area contributed by atoms with E-state index in [1.165, 1.54) is 48.4 Å². The van der Waals surface area contributed by atoms with Gasteiger partial charge in [0.15, 0.2) is 0 Å². The Hall–Kier alpha value is -1.20. The van der Waals surface area contributed by atoms with Crippen LogP contribution in [0.25, 0.3) is 10.2 Å². The van der Waals surface area contributed by atoms with Gasteiger partial charge in [0.05, 0.1) is 31.6 Å². The van der Waals surface area contributed by atoms with E-state index in [1.807, 2.05) is 11.3 Å².